The third kappa shape index (κ3) is 3.94. The Hall–Kier alpha value is -1.58. The highest BCUT2D eigenvalue weighted by Crippen LogP contribution is 2.29. The first-order valence-electron chi connectivity index (χ1n) is 6.01. The van der Waals surface area contributed by atoms with Crippen molar-refractivity contribution in [3.05, 3.63) is 35.4 Å². The molecule has 4 nitrogen and oxygen atoms in total. The number of nitriles is 1. The van der Waals surface area contributed by atoms with E-state index in [4.69, 9.17) is 5.26 Å². The Kier molecular flexibility index (Phi) is 5.19. The molecule has 0 unspecified atom stereocenters. The van der Waals surface area contributed by atoms with Gasteiger partial charge in [0.1, 0.15) is 0 Å². The first kappa shape index (κ1) is 13.8. The summed E-state index contributed by atoms with van der Waals surface area (Å²) in [5.41, 5.74) is 1.76. The van der Waals surface area contributed by atoms with Crippen molar-refractivity contribution in [2.45, 2.75) is 23.4 Å². The van der Waals surface area contributed by atoms with Crippen LogP contribution in [0, 0.1) is 11.3 Å². The van der Waals surface area contributed by atoms with Gasteiger partial charge in [0.2, 0.25) is 5.13 Å². The highest BCUT2D eigenvalue weighted by atomic mass is 32.2. The molecule has 0 spiro atoms. The summed E-state index contributed by atoms with van der Waals surface area (Å²) in [5, 5.41) is 21.3. The number of anilines is 1. The van der Waals surface area contributed by atoms with Crippen LogP contribution >= 0.6 is 23.1 Å². The molecule has 0 aliphatic carbocycles. The van der Waals surface area contributed by atoms with E-state index in [1.54, 1.807) is 23.1 Å². The molecule has 1 aromatic heterocycles. The maximum absolute atomic E-state index is 9.02. The predicted molar refractivity (Wildman–Crippen MR) is 79.4 cm³/mol. The van der Waals surface area contributed by atoms with Gasteiger partial charge in [0.25, 0.3) is 0 Å². The molecule has 0 aliphatic heterocycles. The van der Waals surface area contributed by atoms with Gasteiger partial charge in [-0.3, -0.25) is 0 Å². The number of hydrogen-bond acceptors (Lipinski definition) is 6. The van der Waals surface area contributed by atoms with Gasteiger partial charge in [0.15, 0.2) is 4.34 Å². The first-order valence-corrected chi connectivity index (χ1v) is 7.82. The molecule has 0 radical (unpaired) electrons. The Morgan fingerprint density at radius 2 is 2.21 bits per heavy atom. The second kappa shape index (κ2) is 7.12. The maximum atomic E-state index is 9.02. The minimum absolute atomic E-state index is 0.726. The van der Waals surface area contributed by atoms with Crippen molar-refractivity contribution in [1.29, 1.82) is 5.26 Å². The lowest BCUT2D eigenvalue weighted by Crippen LogP contribution is -1.98. The van der Waals surface area contributed by atoms with Gasteiger partial charge < -0.3 is 5.32 Å². The number of hydrogen-bond donors (Lipinski definition) is 1. The topological polar surface area (TPSA) is 61.6 Å². The van der Waals surface area contributed by atoms with Crippen LogP contribution in [0.4, 0.5) is 5.13 Å². The van der Waals surface area contributed by atoms with Crippen molar-refractivity contribution >= 4 is 28.2 Å². The molecule has 1 N–H and O–H groups in total. The van der Waals surface area contributed by atoms with Crippen LogP contribution in [-0.4, -0.2) is 16.7 Å². The number of rotatable bonds is 6. The first-order chi connectivity index (χ1) is 9.33. The van der Waals surface area contributed by atoms with E-state index < -0.39 is 0 Å². The summed E-state index contributed by atoms with van der Waals surface area (Å²) in [6.07, 6.45) is 1.07. The smallest absolute Gasteiger partial charge is 0.206 e. The van der Waals surface area contributed by atoms with Crippen LogP contribution in [0.25, 0.3) is 0 Å². The monoisotopic (exact) mass is 290 g/mol. The van der Waals surface area contributed by atoms with E-state index in [2.05, 4.69) is 28.5 Å². The highest BCUT2D eigenvalue weighted by molar-refractivity contribution is 8.00. The summed E-state index contributed by atoms with van der Waals surface area (Å²) in [4.78, 5) is 0. The van der Waals surface area contributed by atoms with Gasteiger partial charge in [-0.25, -0.2) is 0 Å². The Bertz CT molecular complexity index is 574. The van der Waals surface area contributed by atoms with Gasteiger partial charge in [-0.15, -0.1) is 10.2 Å². The van der Waals surface area contributed by atoms with E-state index >= 15 is 0 Å². The molecule has 0 bridgehead atoms. The quantitative estimate of drug-likeness (QED) is 0.825. The van der Waals surface area contributed by atoms with E-state index in [0.29, 0.717) is 0 Å². The summed E-state index contributed by atoms with van der Waals surface area (Å²) >= 11 is 3.16. The fourth-order valence-corrected chi connectivity index (χ4v) is 3.25. The Morgan fingerprint density at radius 1 is 1.37 bits per heavy atom. The zero-order chi connectivity index (χ0) is 13.5. The van der Waals surface area contributed by atoms with E-state index in [0.717, 1.165) is 39.3 Å². The van der Waals surface area contributed by atoms with Gasteiger partial charge >= 0.3 is 0 Å². The zero-order valence-corrected chi connectivity index (χ0v) is 12.2. The fraction of sp³-hybridized carbons (Fsp3) is 0.308. The molecule has 19 heavy (non-hydrogen) atoms. The van der Waals surface area contributed by atoms with E-state index in [1.807, 2.05) is 24.3 Å². The summed E-state index contributed by atoms with van der Waals surface area (Å²) in [6.45, 7) is 3.03. The fourth-order valence-electron chi connectivity index (χ4n) is 1.47. The molecular formula is C13H14N4S2. The SMILES string of the molecule is CCCNc1nnc(SCc2ccccc2C#N)s1. The third-order valence-corrected chi connectivity index (χ3v) is 4.48. The molecule has 2 rings (SSSR count). The summed E-state index contributed by atoms with van der Waals surface area (Å²) in [6, 6.07) is 9.85. The van der Waals surface area contributed by atoms with Crippen LogP contribution in [0.15, 0.2) is 28.6 Å². The minimum atomic E-state index is 0.726. The zero-order valence-electron chi connectivity index (χ0n) is 10.6. The van der Waals surface area contributed by atoms with Gasteiger partial charge in [-0.05, 0) is 18.1 Å². The van der Waals surface area contributed by atoms with Crippen LogP contribution in [0.1, 0.15) is 24.5 Å². The molecule has 0 aliphatic rings. The van der Waals surface area contributed by atoms with Crippen LogP contribution < -0.4 is 5.32 Å². The Labute approximate surface area is 120 Å². The van der Waals surface area contributed by atoms with Gasteiger partial charge in [0.05, 0.1) is 11.6 Å². The molecule has 0 saturated heterocycles. The number of benzene rings is 1. The molecule has 0 amide bonds. The maximum Gasteiger partial charge on any atom is 0.206 e. The van der Waals surface area contributed by atoms with Crippen molar-refractivity contribution in [1.82, 2.24) is 10.2 Å². The van der Waals surface area contributed by atoms with Gasteiger partial charge in [-0.2, -0.15) is 5.26 Å². The number of thioether (sulfide) groups is 1. The molecule has 6 heteroatoms. The second-order valence-corrected chi connectivity index (χ2v) is 6.06. The number of nitrogens with one attached hydrogen (secondary N) is 1. The lowest BCUT2D eigenvalue weighted by atomic mass is 10.1. The van der Waals surface area contributed by atoms with E-state index in [1.165, 1.54) is 0 Å². The summed E-state index contributed by atoms with van der Waals surface area (Å²) in [7, 11) is 0. The molecular weight excluding hydrogens is 276 g/mol. The van der Waals surface area contributed by atoms with Gasteiger partial charge in [0, 0.05) is 12.3 Å². The lowest BCUT2D eigenvalue weighted by molar-refractivity contribution is 0.951. The minimum Gasteiger partial charge on any atom is -0.360 e. The molecule has 0 atom stereocenters. The van der Waals surface area contributed by atoms with Crippen molar-refractivity contribution in [2.24, 2.45) is 0 Å². The number of aromatic nitrogens is 2. The van der Waals surface area contributed by atoms with Crippen molar-refractivity contribution in [3.8, 4) is 6.07 Å². The van der Waals surface area contributed by atoms with Crippen molar-refractivity contribution in [3.63, 3.8) is 0 Å². The Morgan fingerprint density at radius 3 is 3.00 bits per heavy atom. The Balaban J connectivity index is 1.95. The highest BCUT2D eigenvalue weighted by Gasteiger charge is 2.06. The molecule has 0 fully saturated rings. The van der Waals surface area contributed by atoms with Crippen molar-refractivity contribution < 1.29 is 0 Å². The molecule has 98 valence electrons. The summed E-state index contributed by atoms with van der Waals surface area (Å²) in [5.74, 6) is 0.742. The van der Waals surface area contributed by atoms with Crippen LogP contribution in [-0.2, 0) is 5.75 Å². The summed E-state index contributed by atoms with van der Waals surface area (Å²) < 4.78 is 0.923. The van der Waals surface area contributed by atoms with Crippen LogP contribution in [0.5, 0.6) is 0 Å². The molecule has 1 heterocycles. The average Bonchev–Trinajstić information content (AvgIpc) is 2.91. The normalized spacial score (nSPS) is 10.1. The molecule has 1 aromatic carbocycles. The predicted octanol–water partition coefficient (Wildman–Crippen LogP) is 3.52. The van der Waals surface area contributed by atoms with E-state index in [-0.39, 0.29) is 0 Å². The van der Waals surface area contributed by atoms with Gasteiger partial charge in [-0.1, -0.05) is 48.2 Å². The van der Waals surface area contributed by atoms with E-state index in [9.17, 15) is 0 Å². The number of nitrogens with zero attached hydrogens (tertiary/aromatic N) is 3. The largest absolute Gasteiger partial charge is 0.360 e. The van der Waals surface area contributed by atoms with Crippen LogP contribution in [0.3, 0.4) is 0 Å². The second-order valence-electron chi connectivity index (χ2n) is 3.86. The average molecular weight is 290 g/mol. The standard InChI is InChI=1S/C13H14N4S2/c1-2-7-15-12-16-17-13(19-12)18-9-11-6-4-3-5-10(11)8-14/h3-6H,2,7,9H2,1H3,(H,15,16). The molecule has 2 aromatic rings. The molecule has 0 saturated carbocycles. The van der Waals surface area contributed by atoms with Crippen LogP contribution in [0.2, 0.25) is 0 Å². The lowest BCUT2D eigenvalue weighted by Gasteiger charge is -2.00. The van der Waals surface area contributed by atoms with Crippen molar-refractivity contribution in [2.75, 3.05) is 11.9 Å². The third-order valence-electron chi connectivity index (χ3n) is 2.42.